The van der Waals surface area contributed by atoms with E-state index < -0.39 is 0 Å². The van der Waals surface area contributed by atoms with Gasteiger partial charge in [0.2, 0.25) is 5.91 Å². The van der Waals surface area contributed by atoms with E-state index in [1.54, 1.807) is 7.11 Å². The highest BCUT2D eigenvalue weighted by molar-refractivity contribution is 9.10. The standard InChI is InChI=1S/C24H33BrN2O3/c1-29-22-15-30-10-7-21(22)26-20-12-18-3-2-8-24(18,13-20)23(28)27-9-6-16-4-5-19(25)11-17(16)14-27/h4-5,11,18,20-22,26H,2-3,6-10,12-15H2,1H3/t18-,20-,21?,22?,24-/m1/s1. The molecular weight excluding hydrogens is 444 g/mol. The van der Waals surface area contributed by atoms with Crippen LogP contribution >= 0.6 is 15.9 Å². The van der Waals surface area contributed by atoms with Crippen LogP contribution in [0.5, 0.6) is 0 Å². The molecule has 1 amide bonds. The maximum absolute atomic E-state index is 13.9. The highest BCUT2D eigenvalue weighted by Gasteiger charge is 2.56. The van der Waals surface area contributed by atoms with Crippen molar-refractivity contribution in [3.05, 3.63) is 33.8 Å². The number of amides is 1. The molecule has 0 aromatic heterocycles. The second-order valence-corrected chi connectivity index (χ2v) is 10.6. The first-order chi connectivity index (χ1) is 14.6. The Labute approximate surface area is 188 Å². The Morgan fingerprint density at radius 2 is 2.23 bits per heavy atom. The lowest BCUT2D eigenvalue weighted by atomic mass is 9.78. The van der Waals surface area contributed by atoms with Gasteiger partial charge in [0.25, 0.3) is 0 Å². The molecule has 2 aliphatic carbocycles. The van der Waals surface area contributed by atoms with Crippen molar-refractivity contribution in [2.24, 2.45) is 11.3 Å². The summed E-state index contributed by atoms with van der Waals surface area (Å²) in [5.74, 6) is 0.933. The molecule has 5 nitrogen and oxygen atoms in total. The van der Waals surface area contributed by atoms with Gasteiger partial charge in [0.15, 0.2) is 0 Å². The number of nitrogens with one attached hydrogen (secondary N) is 1. The number of halogens is 1. The van der Waals surface area contributed by atoms with Crippen LogP contribution in [0.3, 0.4) is 0 Å². The summed E-state index contributed by atoms with van der Waals surface area (Å²) in [6, 6.07) is 7.24. The summed E-state index contributed by atoms with van der Waals surface area (Å²) in [6.45, 7) is 3.06. The Morgan fingerprint density at radius 3 is 3.10 bits per heavy atom. The number of methoxy groups -OCH3 is 1. The molecule has 2 aliphatic heterocycles. The van der Waals surface area contributed by atoms with E-state index in [9.17, 15) is 4.79 Å². The Balaban J connectivity index is 1.30. The average Bonchev–Trinajstić information content (AvgIpc) is 3.31. The molecule has 2 unspecified atom stereocenters. The van der Waals surface area contributed by atoms with Gasteiger partial charge in [-0.15, -0.1) is 0 Å². The summed E-state index contributed by atoms with van der Waals surface area (Å²) in [7, 11) is 1.77. The van der Waals surface area contributed by atoms with Crippen LogP contribution in [0, 0.1) is 11.3 Å². The van der Waals surface area contributed by atoms with E-state index in [2.05, 4.69) is 44.3 Å². The Kier molecular flexibility index (Phi) is 5.95. The van der Waals surface area contributed by atoms with E-state index in [-0.39, 0.29) is 11.5 Å². The van der Waals surface area contributed by atoms with Crippen molar-refractivity contribution in [1.29, 1.82) is 0 Å². The zero-order valence-electron chi connectivity index (χ0n) is 17.9. The summed E-state index contributed by atoms with van der Waals surface area (Å²) in [4.78, 5) is 16.1. The van der Waals surface area contributed by atoms with E-state index in [0.717, 1.165) is 56.3 Å². The fourth-order valence-electron chi connectivity index (χ4n) is 6.57. The molecule has 30 heavy (non-hydrogen) atoms. The number of rotatable bonds is 4. The molecule has 1 saturated heterocycles. The minimum atomic E-state index is -0.158. The summed E-state index contributed by atoms with van der Waals surface area (Å²) in [5.41, 5.74) is 2.53. The quantitative estimate of drug-likeness (QED) is 0.719. The number of ether oxygens (including phenoxy) is 2. The zero-order chi connectivity index (χ0) is 20.7. The topological polar surface area (TPSA) is 50.8 Å². The van der Waals surface area contributed by atoms with Crippen LogP contribution in [0.2, 0.25) is 0 Å². The summed E-state index contributed by atoms with van der Waals surface area (Å²) in [5, 5.41) is 3.87. The van der Waals surface area contributed by atoms with Crippen LogP contribution < -0.4 is 5.32 Å². The van der Waals surface area contributed by atoms with Gasteiger partial charge in [-0.1, -0.05) is 28.4 Å². The first-order valence-electron chi connectivity index (χ1n) is 11.5. The molecular formula is C24H33BrN2O3. The summed E-state index contributed by atoms with van der Waals surface area (Å²) >= 11 is 3.59. The van der Waals surface area contributed by atoms with Crippen molar-refractivity contribution in [3.63, 3.8) is 0 Å². The van der Waals surface area contributed by atoms with Crippen molar-refractivity contribution in [1.82, 2.24) is 10.2 Å². The molecule has 0 radical (unpaired) electrons. The van der Waals surface area contributed by atoms with Crippen molar-refractivity contribution in [2.45, 2.75) is 69.7 Å². The van der Waals surface area contributed by atoms with Crippen LogP contribution in [0.1, 0.15) is 49.7 Å². The Bertz CT molecular complexity index is 803. The van der Waals surface area contributed by atoms with Crippen molar-refractivity contribution < 1.29 is 14.3 Å². The number of benzene rings is 1. The molecule has 1 aromatic rings. The molecule has 3 fully saturated rings. The largest absolute Gasteiger partial charge is 0.379 e. The third kappa shape index (κ3) is 3.74. The summed E-state index contributed by atoms with van der Waals surface area (Å²) in [6.07, 6.45) is 7.60. The predicted octanol–water partition coefficient (Wildman–Crippen LogP) is 3.68. The van der Waals surface area contributed by atoms with Gasteiger partial charge in [-0.2, -0.15) is 0 Å². The molecule has 0 spiro atoms. The lowest BCUT2D eigenvalue weighted by Gasteiger charge is -2.38. The van der Waals surface area contributed by atoms with E-state index in [4.69, 9.17) is 9.47 Å². The first kappa shape index (κ1) is 20.9. The number of hydrogen-bond donors (Lipinski definition) is 1. The molecule has 2 saturated carbocycles. The number of carbonyl (C=O) groups excluding carboxylic acids is 1. The van der Waals surface area contributed by atoms with Crippen molar-refractivity contribution in [3.8, 4) is 0 Å². The van der Waals surface area contributed by atoms with Gasteiger partial charge in [-0.25, -0.2) is 0 Å². The van der Waals surface area contributed by atoms with Crippen molar-refractivity contribution >= 4 is 21.8 Å². The smallest absolute Gasteiger partial charge is 0.229 e. The van der Waals surface area contributed by atoms with Gasteiger partial charge in [0.1, 0.15) is 0 Å². The zero-order valence-corrected chi connectivity index (χ0v) is 19.5. The van der Waals surface area contributed by atoms with Crippen LogP contribution in [0.15, 0.2) is 22.7 Å². The first-order valence-corrected chi connectivity index (χ1v) is 12.3. The molecule has 1 N–H and O–H groups in total. The molecule has 6 heteroatoms. The minimum Gasteiger partial charge on any atom is -0.379 e. The fraction of sp³-hybridized carbons (Fsp3) is 0.708. The molecule has 164 valence electrons. The van der Waals surface area contributed by atoms with Crippen LogP contribution in [-0.4, -0.2) is 55.9 Å². The van der Waals surface area contributed by atoms with E-state index in [1.165, 1.54) is 24.0 Å². The second kappa shape index (κ2) is 8.53. The van der Waals surface area contributed by atoms with Crippen LogP contribution in [-0.2, 0) is 27.2 Å². The maximum atomic E-state index is 13.9. The average molecular weight is 477 g/mol. The van der Waals surface area contributed by atoms with Crippen molar-refractivity contribution in [2.75, 3.05) is 26.9 Å². The van der Waals surface area contributed by atoms with Crippen LogP contribution in [0.25, 0.3) is 0 Å². The van der Waals surface area contributed by atoms with Gasteiger partial charge in [-0.3, -0.25) is 4.79 Å². The molecule has 1 aromatic carbocycles. The monoisotopic (exact) mass is 476 g/mol. The number of carbonyl (C=O) groups is 1. The normalized spacial score (nSPS) is 35.9. The van der Waals surface area contributed by atoms with Gasteiger partial charge < -0.3 is 19.7 Å². The number of fused-ring (bicyclic) bond motifs is 2. The highest BCUT2D eigenvalue weighted by atomic mass is 79.9. The lowest BCUT2D eigenvalue weighted by molar-refractivity contribution is -0.144. The summed E-state index contributed by atoms with van der Waals surface area (Å²) < 4.78 is 12.3. The van der Waals surface area contributed by atoms with E-state index in [0.29, 0.717) is 30.5 Å². The SMILES string of the molecule is COC1COCCC1N[C@@H]1C[C@H]2CCC[C@@]2(C(=O)N2CCc3ccc(Br)cc3C2)C1. The lowest BCUT2D eigenvalue weighted by Crippen LogP contribution is -2.51. The number of nitrogens with zero attached hydrogens (tertiary/aromatic N) is 1. The molecule has 0 bridgehead atoms. The highest BCUT2D eigenvalue weighted by Crippen LogP contribution is 2.55. The second-order valence-electron chi connectivity index (χ2n) is 9.68. The van der Waals surface area contributed by atoms with E-state index in [1.807, 2.05) is 0 Å². The van der Waals surface area contributed by atoms with Crippen LogP contribution in [0.4, 0.5) is 0 Å². The molecule has 2 heterocycles. The van der Waals surface area contributed by atoms with Gasteiger partial charge >= 0.3 is 0 Å². The third-order valence-corrected chi connectivity index (χ3v) is 8.58. The molecule has 5 atom stereocenters. The van der Waals surface area contributed by atoms with Gasteiger partial charge in [0, 0.05) is 43.4 Å². The Hall–Kier alpha value is -0.950. The maximum Gasteiger partial charge on any atom is 0.229 e. The van der Waals surface area contributed by atoms with Gasteiger partial charge in [0.05, 0.1) is 18.1 Å². The fourth-order valence-corrected chi connectivity index (χ4v) is 6.98. The molecule has 4 aliphatic rings. The third-order valence-electron chi connectivity index (χ3n) is 8.09. The minimum absolute atomic E-state index is 0.114. The Morgan fingerprint density at radius 1 is 1.33 bits per heavy atom. The number of hydrogen-bond acceptors (Lipinski definition) is 4. The van der Waals surface area contributed by atoms with E-state index >= 15 is 0 Å². The predicted molar refractivity (Wildman–Crippen MR) is 119 cm³/mol. The molecule has 5 rings (SSSR count). The van der Waals surface area contributed by atoms with Gasteiger partial charge in [-0.05, 0) is 67.7 Å².